The Morgan fingerprint density at radius 1 is 0.917 bits per heavy atom. The van der Waals surface area contributed by atoms with E-state index in [1.165, 1.54) is 12.5 Å². The van der Waals surface area contributed by atoms with Crippen molar-refractivity contribution in [3.05, 3.63) is 71.1 Å². The van der Waals surface area contributed by atoms with Crippen molar-refractivity contribution >= 4 is 19.6 Å². The van der Waals surface area contributed by atoms with Crippen LogP contribution >= 0.6 is 0 Å². The highest BCUT2D eigenvalue weighted by atomic mass is 28.3. The summed E-state index contributed by atoms with van der Waals surface area (Å²) in [5.41, 5.74) is 2.04. The molecule has 1 aromatic rings. The molecule has 0 aromatic heterocycles. The van der Waals surface area contributed by atoms with E-state index < -0.39 is 8.07 Å². The minimum Gasteiger partial charge on any atom is -0.354 e. The van der Waals surface area contributed by atoms with Crippen molar-refractivity contribution in [2.45, 2.75) is 32.1 Å². The number of nitrogens with zero attached hydrogens (tertiary/aromatic N) is 1. The Kier molecular flexibility index (Phi) is 4.41. The Morgan fingerprint density at radius 3 is 1.96 bits per heavy atom. The van der Waals surface area contributed by atoms with Crippen LogP contribution < -0.4 is 0 Å². The maximum absolute atomic E-state index is 12.5. The molecule has 0 fully saturated rings. The zero-order valence-electron chi connectivity index (χ0n) is 14.5. The van der Waals surface area contributed by atoms with Gasteiger partial charge in [-0.1, -0.05) is 50.0 Å². The number of carbonyl (C=O) groups is 2. The summed E-state index contributed by atoms with van der Waals surface area (Å²) in [4.78, 5) is 27.2. The third kappa shape index (κ3) is 3.34. The number of carbonyl (C=O) groups excluding carboxylic acids is 2. The van der Waals surface area contributed by atoms with Gasteiger partial charge in [-0.25, -0.2) is 0 Å². The van der Waals surface area contributed by atoms with Crippen LogP contribution in [0.15, 0.2) is 60.0 Å². The average molecular weight is 337 g/mol. The summed E-state index contributed by atoms with van der Waals surface area (Å²) < 4.78 is 0. The first-order valence-electron chi connectivity index (χ1n) is 8.42. The molecule has 3 rings (SSSR count). The van der Waals surface area contributed by atoms with Gasteiger partial charge in [-0.15, -0.1) is 0 Å². The van der Waals surface area contributed by atoms with Crippen molar-refractivity contribution in [3.63, 3.8) is 0 Å². The van der Waals surface area contributed by atoms with Crippen LogP contribution in [0.5, 0.6) is 0 Å². The summed E-state index contributed by atoms with van der Waals surface area (Å²) in [5, 5.41) is 0. The van der Waals surface area contributed by atoms with Gasteiger partial charge in [0.1, 0.15) is 0 Å². The Labute approximate surface area is 144 Å². The molecule has 0 unspecified atom stereocenters. The molecule has 3 nitrogen and oxygen atoms in total. The lowest BCUT2D eigenvalue weighted by Crippen LogP contribution is -2.22. The van der Waals surface area contributed by atoms with Crippen LogP contribution in [0.1, 0.15) is 27.1 Å². The van der Waals surface area contributed by atoms with Crippen LogP contribution in [0.2, 0.25) is 25.7 Å². The summed E-state index contributed by atoms with van der Waals surface area (Å²) in [6, 6.07) is 8.34. The second kappa shape index (κ2) is 6.36. The molecular weight excluding hydrogens is 314 g/mol. The van der Waals surface area contributed by atoms with Crippen molar-refractivity contribution in [1.29, 1.82) is 0 Å². The first-order valence-corrected chi connectivity index (χ1v) is 12.1. The van der Waals surface area contributed by atoms with E-state index in [0.29, 0.717) is 22.3 Å². The molecule has 124 valence electrons. The lowest BCUT2D eigenvalue weighted by Gasteiger charge is -2.22. The van der Waals surface area contributed by atoms with E-state index in [4.69, 9.17) is 0 Å². The first-order chi connectivity index (χ1) is 11.4. The van der Waals surface area contributed by atoms with Gasteiger partial charge in [0.25, 0.3) is 0 Å². The Bertz CT molecular complexity index is 728. The van der Waals surface area contributed by atoms with Gasteiger partial charge in [0.2, 0.25) is 0 Å². The fraction of sp³-hybridized carbons (Fsp3) is 0.300. The van der Waals surface area contributed by atoms with E-state index in [9.17, 15) is 9.59 Å². The van der Waals surface area contributed by atoms with Gasteiger partial charge >= 0.3 is 0 Å². The van der Waals surface area contributed by atoms with Gasteiger partial charge in [0.05, 0.1) is 5.57 Å². The van der Waals surface area contributed by atoms with Gasteiger partial charge in [0.15, 0.2) is 11.6 Å². The number of fused-ring (bicyclic) bond motifs is 1. The predicted molar refractivity (Wildman–Crippen MR) is 99.9 cm³/mol. The quantitative estimate of drug-likeness (QED) is 0.463. The molecule has 0 atom stereocenters. The molecule has 0 saturated carbocycles. The number of ketones is 2. The maximum Gasteiger partial charge on any atom is 0.198 e. The van der Waals surface area contributed by atoms with Gasteiger partial charge in [0, 0.05) is 38.1 Å². The summed E-state index contributed by atoms with van der Waals surface area (Å²) in [6.07, 6.45) is 8.86. The third-order valence-corrected chi connectivity index (χ3v) is 6.25. The van der Waals surface area contributed by atoms with Crippen LogP contribution in [0, 0.1) is 0 Å². The zero-order valence-corrected chi connectivity index (χ0v) is 15.5. The van der Waals surface area contributed by atoms with E-state index in [-0.39, 0.29) is 11.6 Å². The third-order valence-electron chi connectivity index (χ3n) is 4.39. The van der Waals surface area contributed by atoms with Crippen LogP contribution in [0.4, 0.5) is 0 Å². The largest absolute Gasteiger partial charge is 0.354 e. The van der Waals surface area contributed by atoms with E-state index in [2.05, 4.69) is 24.5 Å². The highest BCUT2D eigenvalue weighted by Gasteiger charge is 2.34. The molecule has 1 aromatic carbocycles. The molecule has 0 amide bonds. The SMILES string of the molecule is C[Si](C)(C)CCCN1C=CC(=C2C(=O)c3ccccc3C2=O)C=C1. The molecule has 0 spiro atoms. The molecule has 0 N–H and O–H groups in total. The van der Waals surface area contributed by atoms with Crippen LogP contribution in [-0.4, -0.2) is 31.1 Å². The summed E-state index contributed by atoms with van der Waals surface area (Å²) in [6.45, 7) is 8.12. The fourth-order valence-electron chi connectivity index (χ4n) is 3.08. The minimum absolute atomic E-state index is 0.160. The number of hydrogen-bond donors (Lipinski definition) is 0. The molecule has 1 aliphatic heterocycles. The highest BCUT2D eigenvalue weighted by molar-refractivity contribution is 6.76. The van der Waals surface area contributed by atoms with Gasteiger partial charge < -0.3 is 4.90 Å². The summed E-state index contributed by atoms with van der Waals surface area (Å²) in [7, 11) is -1.00. The maximum atomic E-state index is 12.5. The summed E-state index contributed by atoms with van der Waals surface area (Å²) in [5.74, 6) is -0.320. The molecule has 0 saturated heterocycles. The number of rotatable bonds is 4. The van der Waals surface area contributed by atoms with E-state index in [0.717, 1.165) is 6.54 Å². The number of hydrogen-bond acceptors (Lipinski definition) is 3. The molecule has 2 aliphatic rings. The van der Waals surface area contributed by atoms with E-state index in [1.54, 1.807) is 24.3 Å². The van der Waals surface area contributed by atoms with Gasteiger partial charge in [-0.2, -0.15) is 0 Å². The van der Waals surface area contributed by atoms with Crippen molar-refractivity contribution in [2.24, 2.45) is 0 Å². The lowest BCUT2D eigenvalue weighted by atomic mass is 10.0. The lowest BCUT2D eigenvalue weighted by molar-refractivity contribution is 0.0988. The normalized spacial score (nSPS) is 17.0. The van der Waals surface area contributed by atoms with Crippen molar-refractivity contribution < 1.29 is 9.59 Å². The van der Waals surface area contributed by atoms with Gasteiger partial charge in [-0.05, 0) is 24.1 Å². The van der Waals surface area contributed by atoms with E-state index >= 15 is 0 Å². The van der Waals surface area contributed by atoms with Crippen molar-refractivity contribution in [2.75, 3.05) is 6.54 Å². The number of allylic oxidation sites excluding steroid dienone is 4. The molecule has 1 heterocycles. The van der Waals surface area contributed by atoms with Crippen LogP contribution in [0.25, 0.3) is 0 Å². The molecule has 4 heteroatoms. The highest BCUT2D eigenvalue weighted by Crippen LogP contribution is 2.30. The zero-order chi connectivity index (χ0) is 17.3. The molecule has 0 bridgehead atoms. The monoisotopic (exact) mass is 337 g/mol. The minimum atomic E-state index is -1.00. The smallest absolute Gasteiger partial charge is 0.198 e. The molecule has 0 radical (unpaired) electrons. The first kappa shape index (κ1) is 16.6. The number of Topliss-reactive ketones (excluding diaryl/α,β-unsaturated/α-hetero) is 2. The van der Waals surface area contributed by atoms with E-state index in [1.807, 2.05) is 24.6 Å². The predicted octanol–water partition coefficient (Wildman–Crippen LogP) is 4.43. The van der Waals surface area contributed by atoms with Crippen molar-refractivity contribution in [1.82, 2.24) is 4.90 Å². The van der Waals surface area contributed by atoms with Crippen LogP contribution in [-0.2, 0) is 0 Å². The van der Waals surface area contributed by atoms with Gasteiger partial charge in [-0.3, -0.25) is 9.59 Å². The summed E-state index contributed by atoms with van der Waals surface area (Å²) >= 11 is 0. The Balaban J connectivity index is 1.74. The Morgan fingerprint density at radius 2 is 1.46 bits per heavy atom. The van der Waals surface area contributed by atoms with Crippen LogP contribution in [0.3, 0.4) is 0 Å². The second-order valence-corrected chi connectivity index (χ2v) is 13.2. The Hall–Kier alpha value is -2.20. The molecular formula is C20H23NO2Si. The van der Waals surface area contributed by atoms with Crippen molar-refractivity contribution in [3.8, 4) is 0 Å². The standard InChI is InChI=1S/C20H23NO2Si/c1-24(2,3)14-6-11-21-12-9-15(10-13-21)18-19(22)16-7-4-5-8-17(16)20(18)23/h4-5,7-10,12-13H,6,11,14H2,1-3H3. The average Bonchev–Trinajstić information content (AvgIpc) is 2.79. The fourth-order valence-corrected chi connectivity index (χ4v) is 4.30. The second-order valence-electron chi connectivity index (χ2n) is 7.57. The molecule has 1 aliphatic carbocycles. The number of benzene rings is 1. The molecule has 24 heavy (non-hydrogen) atoms. The topological polar surface area (TPSA) is 37.4 Å².